The van der Waals surface area contributed by atoms with Crippen molar-refractivity contribution in [3.8, 4) is 0 Å². The Balaban J connectivity index is 3.15. The van der Waals surface area contributed by atoms with Crippen molar-refractivity contribution in [3.05, 3.63) is 11.8 Å². The topological polar surface area (TPSA) is 58.4 Å². The molecule has 78 valence electrons. The molecule has 0 atom stereocenters. The molecule has 1 N–H and O–H groups in total. The van der Waals surface area contributed by atoms with Gasteiger partial charge in [-0.25, -0.2) is 4.79 Å². The summed E-state index contributed by atoms with van der Waals surface area (Å²) in [4.78, 5) is 12.9. The van der Waals surface area contributed by atoms with Crippen LogP contribution in [0.25, 0.3) is 0 Å². The molecule has 1 rings (SSSR count). The summed E-state index contributed by atoms with van der Waals surface area (Å²) >= 11 is 0. The van der Waals surface area contributed by atoms with Crippen LogP contribution in [-0.2, 0) is 7.05 Å². The minimum Gasteiger partial charge on any atom is -0.477 e. The molecule has 0 aromatic carbocycles. The van der Waals surface area contributed by atoms with Crippen LogP contribution >= 0.6 is 0 Å². The van der Waals surface area contributed by atoms with Crippen LogP contribution in [0.3, 0.4) is 0 Å². The highest BCUT2D eigenvalue weighted by Crippen LogP contribution is 2.18. The number of hydrogen-bond donors (Lipinski definition) is 1. The number of carbonyl (C=O) groups is 1. The van der Waals surface area contributed by atoms with Crippen LogP contribution in [0.15, 0.2) is 6.20 Å². The maximum absolute atomic E-state index is 10.9. The molecule has 1 aromatic heterocycles. The molecule has 1 heterocycles. The number of aromatic carboxylic acids is 1. The van der Waals surface area contributed by atoms with Gasteiger partial charge in [0.2, 0.25) is 0 Å². The van der Waals surface area contributed by atoms with Crippen molar-refractivity contribution >= 4 is 11.8 Å². The van der Waals surface area contributed by atoms with Gasteiger partial charge >= 0.3 is 5.97 Å². The number of nitrogens with zero attached hydrogens (tertiary/aromatic N) is 3. The maximum Gasteiger partial charge on any atom is 0.341 e. The van der Waals surface area contributed by atoms with E-state index in [4.69, 9.17) is 5.11 Å². The molecule has 5 nitrogen and oxygen atoms in total. The van der Waals surface area contributed by atoms with Gasteiger partial charge in [0.25, 0.3) is 0 Å². The number of aromatic nitrogens is 2. The lowest BCUT2D eigenvalue weighted by molar-refractivity contribution is 0.0697. The second-order valence-corrected chi connectivity index (χ2v) is 2.98. The summed E-state index contributed by atoms with van der Waals surface area (Å²) in [7, 11) is 1.75. The van der Waals surface area contributed by atoms with E-state index in [0.717, 1.165) is 13.1 Å². The molecule has 0 amide bonds. The monoisotopic (exact) mass is 197 g/mol. The van der Waals surface area contributed by atoms with E-state index in [1.54, 1.807) is 11.7 Å². The third kappa shape index (κ3) is 1.71. The van der Waals surface area contributed by atoms with Gasteiger partial charge in [0.05, 0.1) is 6.20 Å². The number of hydrogen-bond acceptors (Lipinski definition) is 3. The van der Waals surface area contributed by atoms with Gasteiger partial charge in [-0.1, -0.05) is 0 Å². The lowest BCUT2D eigenvalue weighted by Gasteiger charge is -2.21. The number of aryl methyl sites for hydroxylation is 1. The fourth-order valence-electron chi connectivity index (χ4n) is 1.48. The van der Waals surface area contributed by atoms with Crippen molar-refractivity contribution < 1.29 is 9.90 Å². The van der Waals surface area contributed by atoms with E-state index in [1.807, 2.05) is 18.7 Å². The van der Waals surface area contributed by atoms with Gasteiger partial charge in [0, 0.05) is 20.1 Å². The average Bonchev–Trinajstić information content (AvgIpc) is 2.51. The van der Waals surface area contributed by atoms with Crippen LogP contribution < -0.4 is 4.90 Å². The van der Waals surface area contributed by atoms with Crippen LogP contribution in [0.5, 0.6) is 0 Å². The zero-order valence-corrected chi connectivity index (χ0v) is 8.69. The van der Waals surface area contributed by atoms with Crippen molar-refractivity contribution in [3.63, 3.8) is 0 Å². The number of carboxylic acids is 1. The second-order valence-electron chi connectivity index (χ2n) is 2.98. The van der Waals surface area contributed by atoms with Crippen molar-refractivity contribution in [1.82, 2.24) is 9.78 Å². The van der Waals surface area contributed by atoms with Crippen LogP contribution in [0, 0.1) is 0 Å². The molecule has 0 saturated carbocycles. The Kier molecular flexibility index (Phi) is 3.11. The molecule has 1 aromatic rings. The van der Waals surface area contributed by atoms with Gasteiger partial charge < -0.3 is 10.0 Å². The van der Waals surface area contributed by atoms with E-state index in [9.17, 15) is 4.79 Å². The highest BCUT2D eigenvalue weighted by molar-refractivity contribution is 5.93. The largest absolute Gasteiger partial charge is 0.477 e. The fraction of sp³-hybridized carbons (Fsp3) is 0.556. The van der Waals surface area contributed by atoms with Crippen molar-refractivity contribution in [2.75, 3.05) is 18.0 Å². The van der Waals surface area contributed by atoms with Crippen molar-refractivity contribution in [1.29, 1.82) is 0 Å². The molecule has 0 radical (unpaired) electrons. The molecule has 0 aliphatic heterocycles. The lowest BCUT2D eigenvalue weighted by Crippen LogP contribution is -2.26. The van der Waals surface area contributed by atoms with Gasteiger partial charge in [0.1, 0.15) is 11.4 Å². The standard InChI is InChI=1S/C9H15N3O2/c1-4-12(5-2)8-7(9(13)14)6-10-11(8)3/h6H,4-5H2,1-3H3,(H,13,14). The molecule has 14 heavy (non-hydrogen) atoms. The Hall–Kier alpha value is -1.52. The van der Waals surface area contributed by atoms with Crippen LogP contribution in [0.1, 0.15) is 24.2 Å². The lowest BCUT2D eigenvalue weighted by atomic mass is 10.3. The van der Waals surface area contributed by atoms with E-state index in [1.165, 1.54) is 6.20 Å². The molecular weight excluding hydrogens is 182 g/mol. The summed E-state index contributed by atoms with van der Waals surface area (Å²) in [5, 5.41) is 12.9. The van der Waals surface area contributed by atoms with Crippen molar-refractivity contribution in [2.45, 2.75) is 13.8 Å². The molecule has 0 bridgehead atoms. The minimum absolute atomic E-state index is 0.260. The van der Waals surface area contributed by atoms with E-state index in [-0.39, 0.29) is 5.56 Å². The van der Waals surface area contributed by atoms with E-state index >= 15 is 0 Å². The van der Waals surface area contributed by atoms with E-state index in [0.29, 0.717) is 5.82 Å². The fourth-order valence-corrected chi connectivity index (χ4v) is 1.48. The SMILES string of the molecule is CCN(CC)c1c(C(=O)O)cnn1C. The highest BCUT2D eigenvalue weighted by atomic mass is 16.4. The van der Waals surface area contributed by atoms with Gasteiger partial charge in [0.15, 0.2) is 0 Å². The molecule has 0 saturated heterocycles. The number of anilines is 1. The highest BCUT2D eigenvalue weighted by Gasteiger charge is 2.18. The Morgan fingerprint density at radius 1 is 1.57 bits per heavy atom. The predicted octanol–water partition coefficient (Wildman–Crippen LogP) is 0.964. The molecule has 0 unspecified atom stereocenters. The van der Waals surface area contributed by atoms with Gasteiger partial charge in [-0.15, -0.1) is 0 Å². The van der Waals surface area contributed by atoms with Crippen LogP contribution in [-0.4, -0.2) is 33.9 Å². The first-order valence-electron chi connectivity index (χ1n) is 4.62. The first-order valence-corrected chi connectivity index (χ1v) is 4.62. The molecule has 0 aliphatic carbocycles. The Morgan fingerprint density at radius 3 is 2.57 bits per heavy atom. The van der Waals surface area contributed by atoms with E-state index < -0.39 is 5.97 Å². The molecule has 0 spiro atoms. The molecule has 5 heteroatoms. The molecular formula is C9H15N3O2. The van der Waals surface area contributed by atoms with Crippen LogP contribution in [0.4, 0.5) is 5.82 Å². The summed E-state index contributed by atoms with van der Waals surface area (Å²) in [6.07, 6.45) is 1.38. The second kappa shape index (κ2) is 4.13. The quantitative estimate of drug-likeness (QED) is 0.781. The predicted molar refractivity (Wildman–Crippen MR) is 53.7 cm³/mol. The maximum atomic E-state index is 10.9. The first-order chi connectivity index (χ1) is 6.61. The summed E-state index contributed by atoms with van der Waals surface area (Å²) in [6.45, 7) is 5.52. The molecule has 0 fully saturated rings. The Morgan fingerprint density at radius 2 is 2.14 bits per heavy atom. The number of carboxylic acid groups (broad SMARTS) is 1. The van der Waals surface area contributed by atoms with Gasteiger partial charge in [-0.05, 0) is 13.8 Å². The van der Waals surface area contributed by atoms with Gasteiger partial charge in [-0.2, -0.15) is 5.10 Å². The third-order valence-corrected chi connectivity index (χ3v) is 2.20. The first kappa shape index (κ1) is 10.6. The summed E-state index contributed by atoms with van der Waals surface area (Å²) < 4.78 is 1.59. The minimum atomic E-state index is -0.931. The smallest absolute Gasteiger partial charge is 0.341 e. The third-order valence-electron chi connectivity index (χ3n) is 2.20. The Labute approximate surface area is 82.9 Å². The zero-order chi connectivity index (χ0) is 10.7. The molecule has 0 aliphatic rings. The Bertz CT molecular complexity index is 329. The summed E-state index contributed by atoms with van der Waals surface area (Å²) in [6, 6.07) is 0. The zero-order valence-electron chi connectivity index (χ0n) is 8.69. The summed E-state index contributed by atoms with van der Waals surface area (Å²) in [5.74, 6) is -0.262. The van der Waals surface area contributed by atoms with E-state index in [2.05, 4.69) is 5.10 Å². The van der Waals surface area contributed by atoms with Gasteiger partial charge in [-0.3, -0.25) is 4.68 Å². The normalized spacial score (nSPS) is 10.2. The summed E-state index contributed by atoms with van der Waals surface area (Å²) in [5.41, 5.74) is 0.260. The number of rotatable bonds is 4. The average molecular weight is 197 g/mol. The van der Waals surface area contributed by atoms with Crippen molar-refractivity contribution in [2.24, 2.45) is 7.05 Å². The van der Waals surface area contributed by atoms with Crippen LogP contribution in [0.2, 0.25) is 0 Å².